The van der Waals surface area contributed by atoms with E-state index in [4.69, 9.17) is 16.3 Å². The number of ether oxygens (including phenoxy) is 1. The Kier molecular flexibility index (Phi) is 4.47. The van der Waals surface area contributed by atoms with Crippen LogP contribution < -0.4 is 0 Å². The fourth-order valence-corrected chi connectivity index (χ4v) is 2.34. The molecule has 2 fully saturated rings. The van der Waals surface area contributed by atoms with Crippen molar-refractivity contribution in [2.24, 2.45) is 5.92 Å². The molecule has 3 nitrogen and oxygen atoms in total. The number of alkyl halides is 1. The Morgan fingerprint density at radius 2 is 2.19 bits per heavy atom. The van der Waals surface area contributed by atoms with Crippen LogP contribution in [-0.2, 0) is 9.53 Å². The maximum absolute atomic E-state index is 12.0. The smallest absolute Gasteiger partial charge is 0.222 e. The van der Waals surface area contributed by atoms with Gasteiger partial charge in [-0.2, -0.15) is 0 Å². The SMILES string of the molecule is O=C(CCCCl)N(CC1CCOC1)C1CC1. The van der Waals surface area contributed by atoms with E-state index in [2.05, 4.69) is 4.90 Å². The van der Waals surface area contributed by atoms with Gasteiger partial charge in [-0.1, -0.05) is 0 Å². The number of nitrogens with zero attached hydrogens (tertiary/aromatic N) is 1. The van der Waals surface area contributed by atoms with E-state index in [0.717, 1.165) is 32.6 Å². The number of halogens is 1. The van der Waals surface area contributed by atoms with Gasteiger partial charge in [-0.25, -0.2) is 0 Å². The molecule has 0 bridgehead atoms. The van der Waals surface area contributed by atoms with Crippen LogP contribution in [-0.4, -0.2) is 42.5 Å². The van der Waals surface area contributed by atoms with Crippen LogP contribution in [0.15, 0.2) is 0 Å². The van der Waals surface area contributed by atoms with Gasteiger partial charge in [-0.05, 0) is 25.7 Å². The largest absolute Gasteiger partial charge is 0.381 e. The van der Waals surface area contributed by atoms with Gasteiger partial charge in [0.15, 0.2) is 0 Å². The van der Waals surface area contributed by atoms with Gasteiger partial charge in [0.05, 0.1) is 6.61 Å². The summed E-state index contributed by atoms with van der Waals surface area (Å²) < 4.78 is 5.36. The van der Waals surface area contributed by atoms with Gasteiger partial charge in [-0.15, -0.1) is 11.6 Å². The summed E-state index contributed by atoms with van der Waals surface area (Å²) in [7, 11) is 0. The predicted octanol–water partition coefficient (Wildman–Crippen LogP) is 2.03. The van der Waals surface area contributed by atoms with Gasteiger partial charge in [0, 0.05) is 37.4 Å². The molecule has 1 aliphatic heterocycles. The lowest BCUT2D eigenvalue weighted by Gasteiger charge is -2.25. The second-order valence-electron chi connectivity index (χ2n) is 4.80. The Morgan fingerprint density at radius 1 is 1.38 bits per heavy atom. The molecule has 0 aromatic heterocycles. The zero-order valence-electron chi connectivity index (χ0n) is 9.66. The van der Waals surface area contributed by atoms with E-state index in [1.54, 1.807) is 0 Å². The highest BCUT2D eigenvalue weighted by molar-refractivity contribution is 6.17. The Bertz CT molecular complexity index is 237. The van der Waals surface area contributed by atoms with Crippen LogP contribution in [0.4, 0.5) is 0 Å². The van der Waals surface area contributed by atoms with Crippen molar-refractivity contribution in [3.63, 3.8) is 0 Å². The first kappa shape index (κ1) is 12.2. The molecule has 2 aliphatic rings. The van der Waals surface area contributed by atoms with Crippen LogP contribution in [0.25, 0.3) is 0 Å². The normalized spacial score (nSPS) is 24.7. The van der Waals surface area contributed by atoms with Crippen molar-refractivity contribution in [2.75, 3.05) is 25.6 Å². The van der Waals surface area contributed by atoms with Gasteiger partial charge in [0.25, 0.3) is 0 Å². The Labute approximate surface area is 102 Å². The van der Waals surface area contributed by atoms with E-state index in [0.29, 0.717) is 24.3 Å². The highest BCUT2D eigenvalue weighted by Gasteiger charge is 2.34. The van der Waals surface area contributed by atoms with Crippen LogP contribution in [0.3, 0.4) is 0 Å². The molecule has 0 N–H and O–H groups in total. The minimum absolute atomic E-state index is 0.287. The minimum atomic E-state index is 0.287. The zero-order chi connectivity index (χ0) is 11.4. The molecule has 1 atom stereocenters. The number of hydrogen-bond acceptors (Lipinski definition) is 2. The molecule has 1 heterocycles. The highest BCUT2D eigenvalue weighted by atomic mass is 35.5. The summed E-state index contributed by atoms with van der Waals surface area (Å²) in [6.45, 7) is 2.58. The third kappa shape index (κ3) is 3.36. The third-order valence-corrected chi connectivity index (χ3v) is 3.58. The summed E-state index contributed by atoms with van der Waals surface area (Å²) >= 11 is 5.63. The van der Waals surface area contributed by atoms with Crippen molar-refractivity contribution in [3.05, 3.63) is 0 Å². The van der Waals surface area contributed by atoms with Crippen molar-refractivity contribution in [1.82, 2.24) is 4.90 Å². The number of carbonyl (C=O) groups excluding carboxylic acids is 1. The van der Waals surface area contributed by atoms with Crippen molar-refractivity contribution in [1.29, 1.82) is 0 Å². The average molecular weight is 246 g/mol. The fourth-order valence-electron chi connectivity index (χ4n) is 2.21. The van der Waals surface area contributed by atoms with Gasteiger partial charge in [-0.3, -0.25) is 4.79 Å². The number of hydrogen-bond donors (Lipinski definition) is 0. The lowest BCUT2D eigenvalue weighted by atomic mass is 10.1. The molecule has 0 radical (unpaired) electrons. The highest BCUT2D eigenvalue weighted by Crippen LogP contribution is 2.29. The molecule has 1 saturated heterocycles. The lowest BCUT2D eigenvalue weighted by molar-refractivity contribution is -0.132. The van der Waals surface area contributed by atoms with E-state index in [9.17, 15) is 4.79 Å². The van der Waals surface area contributed by atoms with Crippen LogP contribution in [0.2, 0.25) is 0 Å². The van der Waals surface area contributed by atoms with E-state index in [1.165, 1.54) is 12.8 Å². The summed E-state index contributed by atoms with van der Waals surface area (Å²) in [5.74, 6) is 1.42. The van der Waals surface area contributed by atoms with E-state index in [1.807, 2.05) is 0 Å². The Hall–Kier alpha value is -0.280. The van der Waals surface area contributed by atoms with E-state index >= 15 is 0 Å². The molecular weight excluding hydrogens is 226 g/mol. The minimum Gasteiger partial charge on any atom is -0.381 e. The van der Waals surface area contributed by atoms with Crippen LogP contribution in [0, 0.1) is 5.92 Å². The monoisotopic (exact) mass is 245 g/mol. The van der Waals surface area contributed by atoms with Crippen molar-refractivity contribution >= 4 is 17.5 Å². The first-order valence-electron chi connectivity index (χ1n) is 6.24. The maximum Gasteiger partial charge on any atom is 0.222 e. The average Bonchev–Trinajstić information content (AvgIpc) is 3.00. The second-order valence-corrected chi connectivity index (χ2v) is 5.18. The maximum atomic E-state index is 12.0. The molecule has 1 saturated carbocycles. The lowest BCUT2D eigenvalue weighted by Crippen LogP contribution is -2.37. The van der Waals surface area contributed by atoms with Gasteiger partial charge in [0.1, 0.15) is 0 Å². The molecule has 0 spiro atoms. The second kappa shape index (κ2) is 5.87. The van der Waals surface area contributed by atoms with Gasteiger partial charge < -0.3 is 9.64 Å². The van der Waals surface area contributed by atoms with Crippen LogP contribution in [0.5, 0.6) is 0 Å². The number of carbonyl (C=O) groups is 1. The van der Waals surface area contributed by atoms with Crippen molar-refractivity contribution < 1.29 is 9.53 Å². The molecule has 1 amide bonds. The third-order valence-electron chi connectivity index (χ3n) is 3.31. The number of amides is 1. The Balaban J connectivity index is 1.81. The zero-order valence-corrected chi connectivity index (χ0v) is 10.4. The summed E-state index contributed by atoms with van der Waals surface area (Å²) in [5, 5.41) is 0. The summed E-state index contributed by atoms with van der Waals surface area (Å²) in [5.41, 5.74) is 0. The van der Waals surface area contributed by atoms with E-state index < -0.39 is 0 Å². The molecule has 16 heavy (non-hydrogen) atoms. The first-order valence-corrected chi connectivity index (χ1v) is 6.78. The van der Waals surface area contributed by atoms with Crippen LogP contribution in [0.1, 0.15) is 32.1 Å². The van der Waals surface area contributed by atoms with Crippen molar-refractivity contribution in [3.8, 4) is 0 Å². The summed E-state index contributed by atoms with van der Waals surface area (Å²) in [4.78, 5) is 14.1. The van der Waals surface area contributed by atoms with Gasteiger partial charge >= 0.3 is 0 Å². The molecule has 1 aliphatic carbocycles. The summed E-state index contributed by atoms with van der Waals surface area (Å²) in [6, 6.07) is 0.517. The van der Waals surface area contributed by atoms with Gasteiger partial charge in [0.2, 0.25) is 5.91 Å². The topological polar surface area (TPSA) is 29.5 Å². The quantitative estimate of drug-likeness (QED) is 0.671. The standard InChI is InChI=1S/C12H20ClNO2/c13-6-1-2-12(15)14(11-3-4-11)8-10-5-7-16-9-10/h10-11H,1-9H2. The molecule has 4 heteroatoms. The molecule has 0 aromatic rings. The fraction of sp³-hybridized carbons (Fsp3) is 0.917. The molecular formula is C12H20ClNO2. The summed E-state index contributed by atoms with van der Waals surface area (Å²) in [6.07, 6.45) is 4.87. The van der Waals surface area contributed by atoms with Crippen molar-refractivity contribution in [2.45, 2.75) is 38.1 Å². The first-order chi connectivity index (χ1) is 7.81. The molecule has 92 valence electrons. The molecule has 2 rings (SSSR count). The van der Waals surface area contributed by atoms with E-state index in [-0.39, 0.29) is 5.91 Å². The predicted molar refractivity (Wildman–Crippen MR) is 63.6 cm³/mol. The van der Waals surface area contributed by atoms with Crippen LogP contribution >= 0.6 is 11.6 Å². The number of rotatable bonds is 6. The Morgan fingerprint density at radius 3 is 2.75 bits per heavy atom. The molecule has 1 unspecified atom stereocenters. The molecule has 0 aromatic carbocycles.